The first-order chi connectivity index (χ1) is 6.22. The highest BCUT2D eigenvalue weighted by atomic mass is 19.3. The Labute approximate surface area is 83.5 Å². The van der Waals surface area contributed by atoms with Crippen LogP contribution in [0.5, 0.6) is 0 Å². The predicted octanol–water partition coefficient (Wildman–Crippen LogP) is 1.91. The summed E-state index contributed by atoms with van der Waals surface area (Å²) in [4.78, 5) is 0. The normalized spacial score (nSPS) is 26.1. The first kappa shape index (κ1) is 11.9. The molecule has 14 heavy (non-hydrogen) atoms. The molecule has 0 aromatic heterocycles. The SMILES string of the molecule is CC1(C)CCC(O)(C(F)(F)CN)CC1. The second kappa shape index (κ2) is 3.42. The molecule has 1 saturated carbocycles. The number of hydrogen-bond donors (Lipinski definition) is 2. The average molecular weight is 207 g/mol. The zero-order chi connectivity index (χ0) is 11.0. The third-order valence-electron chi connectivity index (χ3n) is 3.37. The average Bonchev–Trinajstić information content (AvgIpc) is 2.10. The second-order valence-corrected chi connectivity index (χ2v) is 5.10. The lowest BCUT2D eigenvalue weighted by Gasteiger charge is -2.43. The van der Waals surface area contributed by atoms with Crippen molar-refractivity contribution >= 4 is 0 Å². The van der Waals surface area contributed by atoms with Crippen LogP contribution in [0.15, 0.2) is 0 Å². The van der Waals surface area contributed by atoms with E-state index in [0.29, 0.717) is 12.8 Å². The number of hydrogen-bond acceptors (Lipinski definition) is 2. The molecular formula is C10H19F2NO. The Morgan fingerprint density at radius 3 is 2.00 bits per heavy atom. The van der Waals surface area contributed by atoms with Crippen molar-refractivity contribution in [3.05, 3.63) is 0 Å². The van der Waals surface area contributed by atoms with E-state index in [-0.39, 0.29) is 18.3 Å². The van der Waals surface area contributed by atoms with Crippen molar-refractivity contribution in [2.45, 2.75) is 51.1 Å². The van der Waals surface area contributed by atoms with Crippen LogP contribution in [0.3, 0.4) is 0 Å². The first-order valence-electron chi connectivity index (χ1n) is 5.03. The van der Waals surface area contributed by atoms with Gasteiger partial charge in [-0.3, -0.25) is 0 Å². The summed E-state index contributed by atoms with van der Waals surface area (Å²) in [5.41, 5.74) is 3.17. The van der Waals surface area contributed by atoms with Crippen molar-refractivity contribution in [2.24, 2.45) is 11.1 Å². The summed E-state index contributed by atoms with van der Waals surface area (Å²) in [6, 6.07) is 0. The quantitative estimate of drug-likeness (QED) is 0.726. The number of halogens is 2. The van der Waals surface area contributed by atoms with Crippen molar-refractivity contribution < 1.29 is 13.9 Å². The predicted molar refractivity (Wildman–Crippen MR) is 51.2 cm³/mol. The van der Waals surface area contributed by atoms with Crippen LogP contribution in [0, 0.1) is 5.41 Å². The monoisotopic (exact) mass is 207 g/mol. The molecule has 1 aliphatic carbocycles. The van der Waals surface area contributed by atoms with E-state index in [1.807, 2.05) is 13.8 Å². The van der Waals surface area contributed by atoms with Gasteiger partial charge in [0.1, 0.15) is 5.60 Å². The molecule has 0 aromatic carbocycles. The van der Waals surface area contributed by atoms with Gasteiger partial charge in [0, 0.05) is 0 Å². The molecule has 0 spiro atoms. The van der Waals surface area contributed by atoms with Crippen LogP contribution >= 0.6 is 0 Å². The molecule has 1 rings (SSSR count). The Hall–Kier alpha value is -0.220. The van der Waals surface area contributed by atoms with E-state index in [4.69, 9.17) is 5.73 Å². The molecular weight excluding hydrogens is 188 g/mol. The van der Waals surface area contributed by atoms with Gasteiger partial charge in [-0.1, -0.05) is 13.8 Å². The summed E-state index contributed by atoms with van der Waals surface area (Å²) in [6.07, 6.45) is 1.53. The highest BCUT2D eigenvalue weighted by Gasteiger charge is 2.53. The van der Waals surface area contributed by atoms with Crippen LogP contribution in [-0.4, -0.2) is 23.2 Å². The van der Waals surface area contributed by atoms with Gasteiger partial charge >= 0.3 is 0 Å². The van der Waals surface area contributed by atoms with Gasteiger partial charge in [-0.25, -0.2) is 8.78 Å². The molecule has 3 N–H and O–H groups in total. The zero-order valence-corrected chi connectivity index (χ0v) is 8.82. The molecule has 0 saturated heterocycles. The van der Waals surface area contributed by atoms with Crippen LogP contribution < -0.4 is 5.73 Å². The summed E-state index contributed by atoms with van der Waals surface area (Å²) >= 11 is 0. The molecule has 84 valence electrons. The lowest BCUT2D eigenvalue weighted by atomic mass is 9.69. The number of rotatable bonds is 2. The van der Waals surface area contributed by atoms with Crippen molar-refractivity contribution in [1.82, 2.24) is 0 Å². The van der Waals surface area contributed by atoms with Crippen LogP contribution in [0.25, 0.3) is 0 Å². The fourth-order valence-electron chi connectivity index (χ4n) is 1.90. The number of aliphatic hydroxyl groups is 1. The minimum Gasteiger partial charge on any atom is -0.384 e. The minimum absolute atomic E-state index is 0.0664. The van der Waals surface area contributed by atoms with Crippen molar-refractivity contribution in [3.63, 3.8) is 0 Å². The molecule has 0 aromatic rings. The van der Waals surface area contributed by atoms with Crippen LogP contribution in [0.1, 0.15) is 39.5 Å². The zero-order valence-electron chi connectivity index (χ0n) is 8.82. The Balaban J connectivity index is 2.71. The molecule has 0 unspecified atom stereocenters. The standard InChI is InChI=1S/C10H19F2NO/c1-8(2)3-5-9(14,6-4-8)10(11,12)7-13/h14H,3-7,13H2,1-2H3. The molecule has 0 amide bonds. The van der Waals surface area contributed by atoms with E-state index in [2.05, 4.69) is 0 Å². The second-order valence-electron chi connectivity index (χ2n) is 5.10. The van der Waals surface area contributed by atoms with Gasteiger partial charge in [-0.15, -0.1) is 0 Å². The van der Waals surface area contributed by atoms with Gasteiger partial charge in [0.2, 0.25) is 0 Å². The molecule has 1 fully saturated rings. The Morgan fingerprint density at radius 1 is 1.21 bits per heavy atom. The summed E-state index contributed by atoms with van der Waals surface area (Å²) in [5, 5.41) is 9.80. The third kappa shape index (κ3) is 2.06. The summed E-state index contributed by atoms with van der Waals surface area (Å²) in [6.45, 7) is 3.30. The largest absolute Gasteiger partial charge is 0.384 e. The van der Waals surface area contributed by atoms with Crippen molar-refractivity contribution in [3.8, 4) is 0 Å². The Kier molecular flexibility index (Phi) is 2.89. The number of alkyl halides is 2. The van der Waals surface area contributed by atoms with E-state index in [1.165, 1.54) is 0 Å². The molecule has 0 heterocycles. The summed E-state index contributed by atoms with van der Waals surface area (Å²) in [5.74, 6) is -3.15. The van der Waals surface area contributed by atoms with E-state index >= 15 is 0 Å². The van der Waals surface area contributed by atoms with Crippen molar-refractivity contribution in [2.75, 3.05) is 6.54 Å². The number of nitrogens with two attached hydrogens (primary N) is 1. The van der Waals surface area contributed by atoms with E-state index in [9.17, 15) is 13.9 Å². The lowest BCUT2D eigenvalue weighted by Crippen LogP contribution is -2.55. The topological polar surface area (TPSA) is 46.2 Å². The van der Waals surface area contributed by atoms with E-state index in [0.717, 1.165) is 0 Å². The first-order valence-corrected chi connectivity index (χ1v) is 5.03. The van der Waals surface area contributed by atoms with Gasteiger partial charge < -0.3 is 10.8 Å². The molecule has 4 heteroatoms. The Morgan fingerprint density at radius 2 is 1.64 bits per heavy atom. The lowest BCUT2D eigenvalue weighted by molar-refractivity contribution is -0.197. The van der Waals surface area contributed by atoms with E-state index < -0.39 is 18.1 Å². The summed E-state index contributed by atoms with van der Waals surface area (Å²) in [7, 11) is 0. The maximum atomic E-state index is 13.3. The highest BCUT2D eigenvalue weighted by Crippen LogP contribution is 2.46. The molecule has 0 bridgehead atoms. The van der Waals surface area contributed by atoms with Crippen LogP contribution in [0.2, 0.25) is 0 Å². The molecule has 0 atom stereocenters. The summed E-state index contributed by atoms with van der Waals surface area (Å²) < 4.78 is 26.6. The third-order valence-corrected chi connectivity index (χ3v) is 3.37. The maximum Gasteiger partial charge on any atom is 0.288 e. The molecule has 2 nitrogen and oxygen atoms in total. The van der Waals surface area contributed by atoms with Gasteiger partial charge in [0.05, 0.1) is 6.54 Å². The van der Waals surface area contributed by atoms with Gasteiger partial charge in [0.25, 0.3) is 5.92 Å². The van der Waals surface area contributed by atoms with Gasteiger partial charge in [-0.2, -0.15) is 0 Å². The minimum atomic E-state index is -3.15. The van der Waals surface area contributed by atoms with Crippen LogP contribution in [-0.2, 0) is 0 Å². The molecule has 0 aliphatic heterocycles. The molecule has 1 aliphatic rings. The van der Waals surface area contributed by atoms with Gasteiger partial charge in [-0.05, 0) is 31.1 Å². The van der Waals surface area contributed by atoms with Crippen molar-refractivity contribution in [1.29, 1.82) is 0 Å². The van der Waals surface area contributed by atoms with Crippen LogP contribution in [0.4, 0.5) is 8.78 Å². The maximum absolute atomic E-state index is 13.3. The smallest absolute Gasteiger partial charge is 0.288 e. The fourth-order valence-corrected chi connectivity index (χ4v) is 1.90. The van der Waals surface area contributed by atoms with E-state index in [1.54, 1.807) is 0 Å². The highest BCUT2D eigenvalue weighted by molar-refractivity contribution is 4.98. The van der Waals surface area contributed by atoms with Gasteiger partial charge in [0.15, 0.2) is 0 Å². The fraction of sp³-hybridized carbons (Fsp3) is 1.00. The molecule has 0 radical (unpaired) electrons. The Bertz CT molecular complexity index is 206.